The van der Waals surface area contributed by atoms with E-state index in [9.17, 15) is 13.6 Å². The van der Waals surface area contributed by atoms with E-state index in [1.165, 1.54) is 12.1 Å². The first kappa shape index (κ1) is 13.8. The van der Waals surface area contributed by atoms with Gasteiger partial charge in [-0.25, -0.2) is 8.78 Å². The molecule has 1 amide bonds. The van der Waals surface area contributed by atoms with E-state index in [1.54, 1.807) is 18.2 Å². The second-order valence-electron chi connectivity index (χ2n) is 6.61. The number of aromatic nitrogens is 2. The maximum absolute atomic E-state index is 14.3. The van der Waals surface area contributed by atoms with Gasteiger partial charge in [0.25, 0.3) is 5.91 Å². The van der Waals surface area contributed by atoms with Gasteiger partial charge in [-0.3, -0.25) is 4.79 Å². The zero-order valence-corrected chi connectivity index (χ0v) is 13.3. The quantitative estimate of drug-likeness (QED) is 0.380. The van der Waals surface area contributed by atoms with E-state index in [0.29, 0.717) is 50.3 Å². The number of amides is 1. The zero-order valence-electron chi connectivity index (χ0n) is 13.3. The topological polar surface area (TPSA) is 60.7 Å². The van der Waals surface area contributed by atoms with Crippen molar-refractivity contribution < 1.29 is 13.6 Å². The molecule has 3 heterocycles. The van der Waals surface area contributed by atoms with E-state index in [0.717, 1.165) is 10.9 Å². The fraction of sp³-hybridized carbons (Fsp3) is 0.0500. The lowest BCUT2D eigenvalue weighted by atomic mass is 9.97. The molecule has 3 aromatic carbocycles. The zero-order chi connectivity index (χ0) is 17.6. The molecule has 0 unspecified atom stereocenters. The van der Waals surface area contributed by atoms with Crippen molar-refractivity contribution in [1.29, 1.82) is 0 Å². The van der Waals surface area contributed by atoms with Gasteiger partial charge in [0.15, 0.2) is 0 Å². The summed E-state index contributed by atoms with van der Waals surface area (Å²) in [7, 11) is 0. The third-order valence-electron chi connectivity index (χ3n) is 5.32. The van der Waals surface area contributed by atoms with Gasteiger partial charge >= 0.3 is 0 Å². The van der Waals surface area contributed by atoms with Gasteiger partial charge in [-0.05, 0) is 17.7 Å². The number of para-hydroxylation sites is 2. The lowest BCUT2D eigenvalue weighted by molar-refractivity contribution is 0.0967. The maximum Gasteiger partial charge on any atom is 0.252 e. The molecule has 26 heavy (non-hydrogen) atoms. The van der Waals surface area contributed by atoms with Crippen LogP contribution in [0, 0.1) is 11.6 Å². The van der Waals surface area contributed by atoms with E-state index in [-0.39, 0.29) is 17.5 Å². The van der Waals surface area contributed by atoms with Crippen molar-refractivity contribution in [3.05, 3.63) is 59.2 Å². The molecule has 0 saturated carbocycles. The van der Waals surface area contributed by atoms with Crippen molar-refractivity contribution in [2.45, 2.75) is 6.54 Å². The Morgan fingerprint density at radius 1 is 0.769 bits per heavy atom. The molecule has 0 spiro atoms. The highest BCUT2D eigenvalue weighted by Crippen LogP contribution is 2.42. The molecule has 6 heteroatoms. The van der Waals surface area contributed by atoms with Crippen LogP contribution in [0.1, 0.15) is 15.9 Å². The summed E-state index contributed by atoms with van der Waals surface area (Å²) in [4.78, 5) is 18.8. The van der Waals surface area contributed by atoms with Gasteiger partial charge < -0.3 is 15.3 Å². The van der Waals surface area contributed by atoms with Crippen molar-refractivity contribution in [3.63, 3.8) is 0 Å². The number of H-pyrrole nitrogens is 2. The van der Waals surface area contributed by atoms with Crippen LogP contribution in [-0.2, 0) is 6.54 Å². The number of carbonyl (C=O) groups excluding carboxylic acids is 1. The van der Waals surface area contributed by atoms with Gasteiger partial charge in [0, 0.05) is 28.1 Å². The summed E-state index contributed by atoms with van der Waals surface area (Å²) in [5.74, 6) is -0.940. The Bertz CT molecular complexity index is 1430. The summed E-state index contributed by atoms with van der Waals surface area (Å²) in [6.45, 7) is 0.367. The maximum atomic E-state index is 14.3. The highest BCUT2D eigenvalue weighted by atomic mass is 19.1. The summed E-state index contributed by atoms with van der Waals surface area (Å²) in [5.41, 5.74) is 3.39. The SMILES string of the molecule is O=C1NCc2c1c1c3cccc(F)c3[nH]c1c1[nH]c3c(F)cccc3c21. The first-order valence-electron chi connectivity index (χ1n) is 8.28. The third-order valence-corrected chi connectivity index (χ3v) is 5.32. The van der Waals surface area contributed by atoms with Crippen molar-refractivity contribution in [2.75, 3.05) is 0 Å². The Morgan fingerprint density at radius 2 is 1.35 bits per heavy atom. The molecule has 1 aliphatic rings. The van der Waals surface area contributed by atoms with Crippen LogP contribution in [0.3, 0.4) is 0 Å². The van der Waals surface area contributed by atoms with Crippen LogP contribution in [0.4, 0.5) is 8.78 Å². The number of aromatic amines is 2. The highest BCUT2D eigenvalue weighted by Gasteiger charge is 2.29. The molecule has 0 aliphatic carbocycles. The fourth-order valence-corrected chi connectivity index (χ4v) is 4.27. The van der Waals surface area contributed by atoms with Crippen LogP contribution < -0.4 is 5.32 Å². The van der Waals surface area contributed by atoms with Gasteiger partial charge in [0.2, 0.25) is 0 Å². The average molecular weight is 347 g/mol. The molecule has 2 aromatic heterocycles. The van der Waals surface area contributed by atoms with Crippen molar-refractivity contribution in [3.8, 4) is 0 Å². The summed E-state index contributed by atoms with van der Waals surface area (Å²) in [6.07, 6.45) is 0. The van der Waals surface area contributed by atoms with E-state index in [4.69, 9.17) is 0 Å². The van der Waals surface area contributed by atoms with Crippen molar-refractivity contribution in [2.24, 2.45) is 0 Å². The minimum atomic E-state index is -0.388. The summed E-state index contributed by atoms with van der Waals surface area (Å²) >= 11 is 0. The molecule has 6 rings (SSSR count). The molecule has 1 aliphatic heterocycles. The minimum absolute atomic E-state index is 0.192. The number of benzene rings is 3. The highest BCUT2D eigenvalue weighted by molar-refractivity contribution is 6.30. The summed E-state index contributed by atoms with van der Waals surface area (Å²) in [5, 5.41) is 5.69. The van der Waals surface area contributed by atoms with Gasteiger partial charge in [0.05, 0.1) is 27.6 Å². The largest absolute Gasteiger partial charge is 0.350 e. The number of hydrogen-bond donors (Lipinski definition) is 3. The molecule has 126 valence electrons. The predicted octanol–water partition coefficient (Wildman–Crippen LogP) is 4.48. The molecule has 0 radical (unpaired) electrons. The Balaban J connectivity index is 2.00. The van der Waals surface area contributed by atoms with Crippen LogP contribution >= 0.6 is 0 Å². The first-order chi connectivity index (χ1) is 12.6. The van der Waals surface area contributed by atoms with Crippen molar-refractivity contribution in [1.82, 2.24) is 15.3 Å². The summed E-state index contributed by atoms with van der Waals surface area (Å²) < 4.78 is 28.7. The molecular formula is C20H11F2N3O. The van der Waals surface area contributed by atoms with Crippen LogP contribution in [-0.4, -0.2) is 15.9 Å². The normalized spacial score (nSPS) is 14.0. The van der Waals surface area contributed by atoms with E-state index >= 15 is 0 Å². The van der Waals surface area contributed by atoms with E-state index in [1.807, 2.05) is 6.07 Å². The third kappa shape index (κ3) is 1.46. The molecule has 0 saturated heterocycles. The number of halogens is 2. The van der Waals surface area contributed by atoms with E-state index < -0.39 is 0 Å². The van der Waals surface area contributed by atoms with Crippen LogP contribution in [0.25, 0.3) is 43.6 Å². The lowest BCUT2D eigenvalue weighted by Gasteiger charge is -2.03. The van der Waals surface area contributed by atoms with Crippen LogP contribution in [0.5, 0.6) is 0 Å². The number of hydrogen-bond acceptors (Lipinski definition) is 1. The number of carbonyl (C=O) groups is 1. The van der Waals surface area contributed by atoms with Gasteiger partial charge in [0.1, 0.15) is 11.6 Å². The van der Waals surface area contributed by atoms with E-state index in [2.05, 4.69) is 15.3 Å². The molecule has 0 atom stereocenters. The second-order valence-corrected chi connectivity index (χ2v) is 6.61. The Morgan fingerprint density at radius 3 is 2.00 bits per heavy atom. The van der Waals surface area contributed by atoms with Gasteiger partial charge in [-0.15, -0.1) is 0 Å². The number of nitrogens with one attached hydrogen (secondary N) is 3. The Hall–Kier alpha value is -3.41. The molecular weight excluding hydrogens is 336 g/mol. The molecule has 4 nitrogen and oxygen atoms in total. The lowest BCUT2D eigenvalue weighted by Crippen LogP contribution is -2.12. The molecule has 3 N–H and O–H groups in total. The average Bonchev–Trinajstić information content (AvgIpc) is 3.29. The fourth-order valence-electron chi connectivity index (χ4n) is 4.27. The Labute approximate surface area is 144 Å². The monoisotopic (exact) mass is 347 g/mol. The number of rotatable bonds is 0. The molecule has 5 aromatic rings. The molecule has 0 bridgehead atoms. The Kier molecular flexibility index (Phi) is 2.34. The first-order valence-corrected chi connectivity index (χ1v) is 8.28. The predicted molar refractivity (Wildman–Crippen MR) is 96.3 cm³/mol. The van der Waals surface area contributed by atoms with Crippen LogP contribution in [0.2, 0.25) is 0 Å². The van der Waals surface area contributed by atoms with Gasteiger partial charge in [-0.1, -0.05) is 24.3 Å². The van der Waals surface area contributed by atoms with Crippen LogP contribution in [0.15, 0.2) is 36.4 Å². The van der Waals surface area contributed by atoms with Crippen molar-refractivity contribution >= 4 is 49.5 Å². The smallest absolute Gasteiger partial charge is 0.252 e. The second kappa shape index (κ2) is 4.40. The standard InChI is InChI=1S/C20H11F2N3O/c21-11-5-1-3-8-13-10-7-23-20(26)15(10)14-9-4-2-6-12(22)17(9)25-19(14)18(13)24-16(8)11/h1-6,24-25H,7H2,(H,23,26). The minimum Gasteiger partial charge on any atom is -0.350 e. The summed E-state index contributed by atoms with van der Waals surface area (Å²) in [6, 6.07) is 9.66. The van der Waals surface area contributed by atoms with Gasteiger partial charge in [-0.2, -0.15) is 0 Å². The molecule has 0 fully saturated rings. The number of fused-ring (bicyclic) bond motifs is 10.